The van der Waals surface area contributed by atoms with Gasteiger partial charge in [0.25, 0.3) is 0 Å². The summed E-state index contributed by atoms with van der Waals surface area (Å²) in [4.78, 5) is 5.63. The van der Waals surface area contributed by atoms with Crippen LogP contribution in [0.3, 0.4) is 0 Å². The molecule has 0 saturated heterocycles. The van der Waals surface area contributed by atoms with Crippen molar-refractivity contribution < 1.29 is 0 Å². The minimum atomic E-state index is 0.697. The third-order valence-corrected chi connectivity index (χ3v) is 3.52. The van der Waals surface area contributed by atoms with Crippen molar-refractivity contribution >= 4 is 22.9 Å². The summed E-state index contributed by atoms with van der Waals surface area (Å²) in [5.41, 5.74) is 0.874. The van der Waals surface area contributed by atoms with Gasteiger partial charge in [0.2, 0.25) is 0 Å². The van der Waals surface area contributed by atoms with E-state index in [2.05, 4.69) is 10.3 Å². The van der Waals surface area contributed by atoms with E-state index in [0.717, 1.165) is 22.9 Å². The molecule has 0 aliphatic rings. The molecule has 15 heavy (non-hydrogen) atoms. The van der Waals surface area contributed by atoms with E-state index in [1.165, 1.54) is 0 Å². The van der Waals surface area contributed by atoms with Crippen molar-refractivity contribution in [3.63, 3.8) is 0 Å². The summed E-state index contributed by atoms with van der Waals surface area (Å²) in [5, 5.41) is 5.79. The zero-order chi connectivity index (χ0) is 10.8. The first-order valence-corrected chi connectivity index (χ1v) is 5.89. The zero-order valence-electron chi connectivity index (χ0n) is 8.62. The molecular weight excluding hydrogens is 230 g/mol. The normalized spacial score (nSPS) is 10.9. The molecule has 3 nitrogen and oxygen atoms in total. The van der Waals surface area contributed by atoms with Gasteiger partial charge in [0.15, 0.2) is 0 Å². The van der Waals surface area contributed by atoms with Crippen molar-refractivity contribution in [2.24, 2.45) is 7.05 Å². The van der Waals surface area contributed by atoms with Crippen LogP contribution in [0.15, 0.2) is 17.5 Å². The SMILES string of the molecule is CNCc1nc(-c2cccs2)c(Cl)n1C. The van der Waals surface area contributed by atoms with Gasteiger partial charge in [-0.05, 0) is 18.5 Å². The number of nitrogens with zero attached hydrogens (tertiary/aromatic N) is 2. The van der Waals surface area contributed by atoms with E-state index in [-0.39, 0.29) is 0 Å². The van der Waals surface area contributed by atoms with Crippen molar-refractivity contribution in [2.45, 2.75) is 6.54 Å². The van der Waals surface area contributed by atoms with Crippen molar-refractivity contribution in [3.05, 3.63) is 28.5 Å². The highest BCUT2D eigenvalue weighted by Gasteiger charge is 2.14. The maximum atomic E-state index is 6.22. The van der Waals surface area contributed by atoms with Crippen LogP contribution in [0, 0.1) is 0 Å². The minimum Gasteiger partial charge on any atom is -0.321 e. The number of hydrogen-bond acceptors (Lipinski definition) is 3. The van der Waals surface area contributed by atoms with Crippen LogP contribution in [-0.4, -0.2) is 16.6 Å². The topological polar surface area (TPSA) is 29.9 Å². The Balaban J connectivity index is 2.45. The molecule has 2 rings (SSSR count). The van der Waals surface area contributed by atoms with E-state index in [1.807, 2.05) is 36.2 Å². The second-order valence-electron chi connectivity index (χ2n) is 3.23. The molecule has 80 valence electrons. The molecule has 2 heterocycles. The lowest BCUT2D eigenvalue weighted by Gasteiger charge is -1.99. The number of aromatic nitrogens is 2. The Labute approximate surface area is 97.7 Å². The zero-order valence-corrected chi connectivity index (χ0v) is 10.2. The molecule has 1 N–H and O–H groups in total. The number of thiophene rings is 1. The van der Waals surface area contributed by atoms with E-state index in [0.29, 0.717) is 5.15 Å². The highest BCUT2D eigenvalue weighted by atomic mass is 35.5. The average Bonchev–Trinajstić information content (AvgIpc) is 2.82. The molecule has 2 aromatic rings. The van der Waals surface area contributed by atoms with Crippen LogP contribution < -0.4 is 5.32 Å². The van der Waals surface area contributed by atoms with E-state index >= 15 is 0 Å². The van der Waals surface area contributed by atoms with Gasteiger partial charge in [0, 0.05) is 7.05 Å². The fraction of sp³-hybridized carbons (Fsp3) is 0.300. The van der Waals surface area contributed by atoms with Crippen LogP contribution in [0.2, 0.25) is 5.15 Å². The number of halogens is 1. The van der Waals surface area contributed by atoms with Gasteiger partial charge in [-0.15, -0.1) is 11.3 Å². The third kappa shape index (κ3) is 1.93. The number of rotatable bonds is 3. The Bertz CT molecular complexity index is 447. The largest absolute Gasteiger partial charge is 0.321 e. The molecule has 0 amide bonds. The lowest BCUT2D eigenvalue weighted by Crippen LogP contribution is -2.10. The molecule has 0 aromatic carbocycles. The van der Waals surface area contributed by atoms with Gasteiger partial charge in [0.1, 0.15) is 16.7 Å². The molecule has 0 bridgehead atoms. The molecule has 5 heteroatoms. The summed E-state index contributed by atoms with van der Waals surface area (Å²) in [6, 6.07) is 4.03. The van der Waals surface area contributed by atoms with E-state index in [1.54, 1.807) is 11.3 Å². The summed E-state index contributed by atoms with van der Waals surface area (Å²) >= 11 is 7.87. The Morgan fingerprint density at radius 2 is 2.40 bits per heavy atom. The van der Waals surface area contributed by atoms with Gasteiger partial charge >= 0.3 is 0 Å². The monoisotopic (exact) mass is 241 g/mol. The highest BCUT2D eigenvalue weighted by Crippen LogP contribution is 2.30. The second-order valence-corrected chi connectivity index (χ2v) is 4.54. The van der Waals surface area contributed by atoms with E-state index in [9.17, 15) is 0 Å². The van der Waals surface area contributed by atoms with Crippen molar-refractivity contribution in [1.82, 2.24) is 14.9 Å². The minimum absolute atomic E-state index is 0.697. The average molecular weight is 242 g/mol. The third-order valence-electron chi connectivity index (χ3n) is 2.21. The molecule has 0 fully saturated rings. The highest BCUT2D eigenvalue weighted by molar-refractivity contribution is 7.13. The van der Waals surface area contributed by atoms with Gasteiger partial charge in [-0.25, -0.2) is 4.98 Å². The summed E-state index contributed by atoms with van der Waals surface area (Å²) in [7, 11) is 3.83. The van der Waals surface area contributed by atoms with Crippen molar-refractivity contribution in [3.8, 4) is 10.6 Å². The van der Waals surface area contributed by atoms with Crippen molar-refractivity contribution in [1.29, 1.82) is 0 Å². The lowest BCUT2D eigenvalue weighted by molar-refractivity contribution is 0.710. The predicted molar refractivity (Wildman–Crippen MR) is 64.3 cm³/mol. The Hall–Kier alpha value is -0.840. The molecule has 0 saturated carbocycles. The fourth-order valence-corrected chi connectivity index (χ4v) is 2.42. The molecule has 0 atom stereocenters. The van der Waals surface area contributed by atoms with Crippen LogP contribution in [0.25, 0.3) is 10.6 Å². The first-order valence-electron chi connectivity index (χ1n) is 4.63. The Kier molecular flexibility index (Phi) is 3.09. The standard InChI is InChI=1S/C10H12ClN3S/c1-12-6-8-13-9(10(11)14(8)2)7-4-3-5-15-7/h3-5,12H,6H2,1-2H3. The van der Waals surface area contributed by atoms with Crippen LogP contribution >= 0.6 is 22.9 Å². The lowest BCUT2D eigenvalue weighted by atomic mass is 10.4. The molecule has 0 aliphatic heterocycles. The summed E-state index contributed by atoms with van der Waals surface area (Å²) in [5.74, 6) is 0.950. The van der Waals surface area contributed by atoms with Crippen LogP contribution in [0.5, 0.6) is 0 Å². The Morgan fingerprint density at radius 3 is 3.00 bits per heavy atom. The maximum absolute atomic E-state index is 6.22. The smallest absolute Gasteiger partial charge is 0.137 e. The molecular formula is C10H12ClN3S. The number of imidazole rings is 1. The van der Waals surface area contributed by atoms with Gasteiger partial charge in [-0.2, -0.15) is 0 Å². The van der Waals surface area contributed by atoms with Crippen LogP contribution in [-0.2, 0) is 13.6 Å². The Morgan fingerprint density at radius 1 is 1.60 bits per heavy atom. The number of hydrogen-bond donors (Lipinski definition) is 1. The summed E-state index contributed by atoms with van der Waals surface area (Å²) in [6.45, 7) is 0.724. The van der Waals surface area contributed by atoms with Gasteiger partial charge in [-0.3, -0.25) is 0 Å². The van der Waals surface area contributed by atoms with Crippen LogP contribution in [0.1, 0.15) is 5.82 Å². The first-order chi connectivity index (χ1) is 7.24. The second kappa shape index (κ2) is 4.35. The quantitative estimate of drug-likeness (QED) is 0.895. The summed E-state index contributed by atoms with van der Waals surface area (Å²) in [6.07, 6.45) is 0. The fourth-order valence-electron chi connectivity index (χ4n) is 1.41. The van der Waals surface area contributed by atoms with Gasteiger partial charge in [0.05, 0.1) is 11.4 Å². The summed E-state index contributed by atoms with van der Waals surface area (Å²) < 4.78 is 1.91. The first kappa shape index (κ1) is 10.7. The maximum Gasteiger partial charge on any atom is 0.137 e. The van der Waals surface area contributed by atoms with Gasteiger partial charge < -0.3 is 9.88 Å². The van der Waals surface area contributed by atoms with Crippen LogP contribution in [0.4, 0.5) is 0 Å². The van der Waals surface area contributed by atoms with Crippen molar-refractivity contribution in [2.75, 3.05) is 7.05 Å². The van der Waals surface area contributed by atoms with E-state index in [4.69, 9.17) is 11.6 Å². The molecule has 0 radical (unpaired) electrons. The van der Waals surface area contributed by atoms with E-state index < -0.39 is 0 Å². The molecule has 0 aliphatic carbocycles. The number of nitrogens with one attached hydrogen (secondary N) is 1. The molecule has 0 unspecified atom stereocenters. The van der Waals surface area contributed by atoms with Gasteiger partial charge in [-0.1, -0.05) is 17.7 Å². The molecule has 2 aromatic heterocycles. The predicted octanol–water partition coefficient (Wildman–Crippen LogP) is 2.52. The molecule has 0 spiro atoms.